The van der Waals surface area contributed by atoms with E-state index < -0.39 is 17.7 Å². The second-order valence-electron chi connectivity index (χ2n) is 4.43. The van der Waals surface area contributed by atoms with E-state index in [-0.39, 0.29) is 18.8 Å². The Morgan fingerprint density at radius 2 is 2.00 bits per heavy atom. The highest BCUT2D eigenvalue weighted by Crippen LogP contribution is 2.17. The summed E-state index contributed by atoms with van der Waals surface area (Å²) < 4.78 is 31.5. The molecule has 0 saturated heterocycles. The summed E-state index contributed by atoms with van der Waals surface area (Å²) in [6, 6.07) is 9.97. The number of hydrogen-bond acceptors (Lipinski definition) is 3. The van der Waals surface area contributed by atoms with Crippen molar-refractivity contribution < 1.29 is 18.6 Å². The zero-order valence-electron chi connectivity index (χ0n) is 11.0. The maximum absolute atomic E-state index is 13.4. The van der Waals surface area contributed by atoms with Gasteiger partial charge in [-0.15, -0.1) is 0 Å². The standard InChI is InChI=1S/C15H14ClF2NO2/c16-10-2-1-3-13(6-10)21-9-12(20)8-19-15-5-4-11(17)7-14(15)18/h1-7,12,19-20H,8-9H2. The van der Waals surface area contributed by atoms with Gasteiger partial charge in [0, 0.05) is 17.6 Å². The zero-order chi connectivity index (χ0) is 15.2. The average Bonchev–Trinajstić information content (AvgIpc) is 2.44. The van der Waals surface area contributed by atoms with E-state index in [0.717, 1.165) is 12.1 Å². The van der Waals surface area contributed by atoms with E-state index in [1.54, 1.807) is 24.3 Å². The summed E-state index contributed by atoms with van der Waals surface area (Å²) in [6.45, 7) is 0.0965. The van der Waals surface area contributed by atoms with Gasteiger partial charge in [-0.2, -0.15) is 0 Å². The third kappa shape index (κ3) is 4.88. The Kier molecular flexibility index (Phi) is 5.36. The Labute approximate surface area is 126 Å². The number of rotatable bonds is 6. The van der Waals surface area contributed by atoms with Gasteiger partial charge < -0.3 is 15.2 Å². The number of ether oxygens (including phenoxy) is 1. The minimum Gasteiger partial charge on any atom is -0.491 e. The van der Waals surface area contributed by atoms with Crippen LogP contribution in [0, 0.1) is 11.6 Å². The number of halogens is 3. The van der Waals surface area contributed by atoms with Gasteiger partial charge in [-0.3, -0.25) is 0 Å². The van der Waals surface area contributed by atoms with Gasteiger partial charge in [-0.1, -0.05) is 17.7 Å². The van der Waals surface area contributed by atoms with Gasteiger partial charge in [-0.25, -0.2) is 8.78 Å². The Morgan fingerprint density at radius 1 is 1.19 bits per heavy atom. The maximum atomic E-state index is 13.4. The summed E-state index contributed by atoms with van der Waals surface area (Å²) in [5.41, 5.74) is 0.123. The van der Waals surface area contributed by atoms with Crippen LogP contribution in [0.1, 0.15) is 0 Å². The first kappa shape index (κ1) is 15.5. The van der Waals surface area contributed by atoms with Crippen LogP contribution in [0.4, 0.5) is 14.5 Å². The molecule has 2 N–H and O–H groups in total. The van der Waals surface area contributed by atoms with E-state index in [2.05, 4.69) is 5.32 Å². The number of aliphatic hydroxyl groups is 1. The van der Waals surface area contributed by atoms with E-state index in [4.69, 9.17) is 16.3 Å². The molecular weight excluding hydrogens is 300 g/mol. The molecule has 2 aromatic carbocycles. The van der Waals surface area contributed by atoms with Crippen LogP contribution in [0.2, 0.25) is 5.02 Å². The van der Waals surface area contributed by atoms with Gasteiger partial charge in [0.05, 0.1) is 5.69 Å². The molecule has 0 saturated carbocycles. The Balaban J connectivity index is 1.80. The molecular formula is C15H14ClF2NO2. The summed E-state index contributed by atoms with van der Waals surface area (Å²) in [5, 5.41) is 13.0. The van der Waals surface area contributed by atoms with E-state index in [1.165, 1.54) is 6.07 Å². The van der Waals surface area contributed by atoms with Crippen LogP contribution >= 0.6 is 11.6 Å². The van der Waals surface area contributed by atoms with Crippen molar-refractivity contribution in [1.29, 1.82) is 0 Å². The molecule has 21 heavy (non-hydrogen) atoms. The van der Waals surface area contributed by atoms with Gasteiger partial charge >= 0.3 is 0 Å². The normalized spacial score (nSPS) is 12.0. The Bertz CT molecular complexity index is 610. The lowest BCUT2D eigenvalue weighted by atomic mass is 10.2. The lowest BCUT2D eigenvalue weighted by molar-refractivity contribution is 0.117. The largest absolute Gasteiger partial charge is 0.491 e. The summed E-state index contributed by atoms with van der Waals surface area (Å²) in [4.78, 5) is 0. The molecule has 3 nitrogen and oxygen atoms in total. The molecule has 6 heteroatoms. The Morgan fingerprint density at radius 3 is 2.71 bits per heavy atom. The second kappa shape index (κ2) is 7.24. The molecule has 1 unspecified atom stereocenters. The van der Waals surface area contributed by atoms with E-state index >= 15 is 0 Å². The molecule has 2 aromatic rings. The number of aliphatic hydroxyl groups excluding tert-OH is 1. The molecule has 1 atom stereocenters. The van der Waals surface area contributed by atoms with Crippen molar-refractivity contribution in [2.45, 2.75) is 6.10 Å². The maximum Gasteiger partial charge on any atom is 0.149 e. The third-order valence-corrected chi connectivity index (χ3v) is 2.93. The summed E-state index contributed by atoms with van der Waals surface area (Å²) in [5.74, 6) is -0.824. The molecule has 0 bridgehead atoms. The van der Waals surface area contributed by atoms with Crippen LogP contribution < -0.4 is 10.1 Å². The van der Waals surface area contributed by atoms with Crippen molar-refractivity contribution >= 4 is 17.3 Å². The van der Waals surface area contributed by atoms with Crippen LogP contribution in [0.5, 0.6) is 5.75 Å². The van der Waals surface area contributed by atoms with Crippen molar-refractivity contribution in [1.82, 2.24) is 0 Å². The predicted molar refractivity (Wildman–Crippen MR) is 77.8 cm³/mol. The van der Waals surface area contributed by atoms with Crippen LogP contribution in [0.3, 0.4) is 0 Å². The van der Waals surface area contributed by atoms with Gasteiger partial charge in [0.1, 0.15) is 30.1 Å². The number of hydrogen-bond donors (Lipinski definition) is 2. The monoisotopic (exact) mass is 313 g/mol. The summed E-state index contributed by atoms with van der Waals surface area (Å²) >= 11 is 5.80. The molecule has 112 valence electrons. The number of benzene rings is 2. The quantitative estimate of drug-likeness (QED) is 0.858. The molecule has 0 aliphatic carbocycles. The van der Waals surface area contributed by atoms with Crippen LogP contribution in [0.15, 0.2) is 42.5 Å². The predicted octanol–water partition coefficient (Wildman–Crippen LogP) is 3.47. The molecule has 2 rings (SSSR count). The van der Waals surface area contributed by atoms with Gasteiger partial charge in [-0.05, 0) is 30.3 Å². The fraction of sp³-hybridized carbons (Fsp3) is 0.200. The fourth-order valence-electron chi connectivity index (χ4n) is 1.67. The first-order chi connectivity index (χ1) is 10.0. The van der Waals surface area contributed by atoms with E-state index in [9.17, 15) is 13.9 Å². The first-order valence-electron chi connectivity index (χ1n) is 6.30. The molecule has 0 aromatic heterocycles. The molecule has 0 spiro atoms. The van der Waals surface area contributed by atoms with Crippen molar-refractivity contribution in [3.63, 3.8) is 0 Å². The lowest BCUT2D eigenvalue weighted by Crippen LogP contribution is -2.26. The number of anilines is 1. The van der Waals surface area contributed by atoms with Crippen molar-refractivity contribution in [2.75, 3.05) is 18.5 Å². The lowest BCUT2D eigenvalue weighted by Gasteiger charge is -2.14. The smallest absolute Gasteiger partial charge is 0.149 e. The SMILES string of the molecule is OC(CNc1ccc(F)cc1F)COc1cccc(Cl)c1. The molecule has 0 radical (unpaired) electrons. The van der Waals surface area contributed by atoms with E-state index in [1.807, 2.05) is 0 Å². The highest BCUT2D eigenvalue weighted by Gasteiger charge is 2.08. The highest BCUT2D eigenvalue weighted by molar-refractivity contribution is 6.30. The second-order valence-corrected chi connectivity index (χ2v) is 4.86. The first-order valence-corrected chi connectivity index (χ1v) is 6.68. The minimum atomic E-state index is -0.853. The molecule has 0 aliphatic heterocycles. The van der Waals surface area contributed by atoms with Gasteiger partial charge in [0.25, 0.3) is 0 Å². The molecule has 0 heterocycles. The Hall–Kier alpha value is -1.85. The number of nitrogens with one attached hydrogen (secondary N) is 1. The van der Waals surface area contributed by atoms with Crippen LogP contribution in [-0.2, 0) is 0 Å². The summed E-state index contributed by atoms with van der Waals surface area (Å²) in [7, 11) is 0. The van der Waals surface area contributed by atoms with Crippen molar-refractivity contribution in [2.24, 2.45) is 0 Å². The van der Waals surface area contributed by atoms with Gasteiger partial charge in [0.15, 0.2) is 0 Å². The molecule has 0 amide bonds. The highest BCUT2D eigenvalue weighted by atomic mass is 35.5. The molecule has 0 fully saturated rings. The fourth-order valence-corrected chi connectivity index (χ4v) is 1.85. The third-order valence-electron chi connectivity index (χ3n) is 2.70. The summed E-state index contributed by atoms with van der Waals surface area (Å²) in [6.07, 6.45) is -0.853. The zero-order valence-corrected chi connectivity index (χ0v) is 11.8. The average molecular weight is 314 g/mol. The minimum absolute atomic E-state index is 0.0240. The van der Waals surface area contributed by atoms with Crippen LogP contribution in [0.25, 0.3) is 0 Å². The van der Waals surface area contributed by atoms with Crippen LogP contribution in [-0.4, -0.2) is 24.4 Å². The molecule has 0 aliphatic rings. The van der Waals surface area contributed by atoms with Crippen molar-refractivity contribution in [3.05, 3.63) is 59.1 Å². The van der Waals surface area contributed by atoms with E-state index in [0.29, 0.717) is 10.8 Å². The van der Waals surface area contributed by atoms with Gasteiger partial charge in [0.2, 0.25) is 0 Å². The van der Waals surface area contributed by atoms with Crippen molar-refractivity contribution in [3.8, 4) is 5.75 Å². The topological polar surface area (TPSA) is 41.5 Å².